The maximum absolute atomic E-state index is 10.2. The topological polar surface area (TPSA) is 143 Å². The monoisotopic (exact) mass is 375 g/mol. The molecule has 27 heavy (non-hydrogen) atoms. The van der Waals surface area contributed by atoms with E-state index >= 15 is 0 Å². The fraction of sp³-hybridized carbons (Fsp3) is 0.500. The van der Waals surface area contributed by atoms with Gasteiger partial charge >= 0.3 is 0 Å². The third-order valence-electron chi connectivity index (χ3n) is 4.72. The van der Waals surface area contributed by atoms with E-state index in [9.17, 15) is 15.3 Å². The molecule has 0 unspecified atom stereocenters. The Hall–Kier alpha value is -2.60. The van der Waals surface area contributed by atoms with Crippen molar-refractivity contribution in [2.45, 2.75) is 38.0 Å². The van der Waals surface area contributed by atoms with Crippen LogP contribution in [-0.4, -0.2) is 75.9 Å². The van der Waals surface area contributed by atoms with E-state index in [1.54, 1.807) is 6.20 Å². The Morgan fingerprint density at radius 2 is 2.04 bits per heavy atom. The molecule has 1 aliphatic heterocycles. The molecule has 144 valence electrons. The van der Waals surface area contributed by atoms with Crippen LogP contribution < -0.4 is 5.32 Å². The van der Waals surface area contributed by atoms with Crippen molar-refractivity contribution < 1.29 is 20.1 Å². The van der Waals surface area contributed by atoms with Gasteiger partial charge in [0.2, 0.25) is 0 Å². The largest absolute Gasteiger partial charge is 0.394 e. The van der Waals surface area contributed by atoms with Crippen LogP contribution in [0, 0.1) is 6.92 Å². The molecule has 0 aliphatic carbocycles. The number of aliphatic hydroxyl groups is 3. The lowest BCUT2D eigenvalue weighted by Crippen LogP contribution is -2.33. The fourth-order valence-electron chi connectivity index (χ4n) is 3.21. The van der Waals surface area contributed by atoms with E-state index in [2.05, 4.69) is 25.3 Å². The molecule has 4 heterocycles. The van der Waals surface area contributed by atoms with Gasteiger partial charge in [0.15, 0.2) is 23.2 Å². The van der Waals surface area contributed by atoms with Crippen molar-refractivity contribution in [1.82, 2.24) is 29.1 Å². The van der Waals surface area contributed by atoms with Gasteiger partial charge in [0.05, 0.1) is 12.9 Å². The van der Waals surface area contributed by atoms with Gasteiger partial charge in [-0.3, -0.25) is 4.57 Å². The molecule has 4 N–H and O–H groups in total. The molecule has 11 heteroatoms. The van der Waals surface area contributed by atoms with E-state index in [1.165, 1.54) is 17.2 Å². The van der Waals surface area contributed by atoms with Crippen LogP contribution >= 0.6 is 0 Å². The number of rotatable bonds is 6. The molecule has 0 saturated carbocycles. The Morgan fingerprint density at radius 1 is 1.19 bits per heavy atom. The van der Waals surface area contributed by atoms with Gasteiger partial charge < -0.3 is 29.9 Å². The maximum Gasteiger partial charge on any atom is 0.167 e. The minimum Gasteiger partial charge on any atom is -0.394 e. The fourth-order valence-corrected chi connectivity index (χ4v) is 3.21. The van der Waals surface area contributed by atoms with Gasteiger partial charge in [-0.25, -0.2) is 19.9 Å². The summed E-state index contributed by atoms with van der Waals surface area (Å²) in [5.41, 5.74) is 0.985. The number of aliphatic hydroxyl groups excluding tert-OH is 3. The number of nitrogens with zero attached hydrogens (tertiary/aromatic N) is 6. The standard InChI is InChI=1S/C16H21N7O4/c1-9-17-2-4-22(9)5-3-18-14-11-15(20-7-19-14)23(8-21-11)16-13(26)12(25)10(6-24)27-16/h2,4,7-8,10,12-13,16,24-26H,3,5-6H2,1H3,(H,18,19,20)/t10-,12-,13-,16-/m1/s1. The minimum absolute atomic E-state index is 0.392. The van der Waals surface area contributed by atoms with Crippen LogP contribution in [0.5, 0.6) is 0 Å². The summed E-state index contributed by atoms with van der Waals surface area (Å²) in [6.07, 6.45) is 2.39. The second kappa shape index (κ2) is 7.19. The lowest BCUT2D eigenvalue weighted by molar-refractivity contribution is -0.0511. The Balaban J connectivity index is 1.54. The summed E-state index contributed by atoms with van der Waals surface area (Å²) in [7, 11) is 0. The molecule has 1 fully saturated rings. The molecule has 1 aliphatic rings. The summed E-state index contributed by atoms with van der Waals surface area (Å²) < 4.78 is 9.10. The quantitative estimate of drug-likeness (QED) is 0.429. The summed E-state index contributed by atoms with van der Waals surface area (Å²) in [6, 6.07) is 0. The molecule has 4 rings (SSSR count). The number of aryl methyl sites for hydroxylation is 1. The molecule has 0 spiro atoms. The van der Waals surface area contributed by atoms with Crippen LogP contribution in [0.2, 0.25) is 0 Å². The van der Waals surface area contributed by atoms with Crippen molar-refractivity contribution in [2.75, 3.05) is 18.5 Å². The molecule has 11 nitrogen and oxygen atoms in total. The van der Waals surface area contributed by atoms with Gasteiger partial charge in [0, 0.05) is 25.5 Å². The predicted octanol–water partition coefficient (Wildman–Crippen LogP) is -0.945. The van der Waals surface area contributed by atoms with Crippen molar-refractivity contribution in [3.8, 4) is 0 Å². The summed E-state index contributed by atoms with van der Waals surface area (Å²) >= 11 is 0. The van der Waals surface area contributed by atoms with Crippen molar-refractivity contribution in [1.29, 1.82) is 0 Å². The van der Waals surface area contributed by atoms with E-state index in [4.69, 9.17) is 4.74 Å². The number of hydrogen-bond donors (Lipinski definition) is 4. The van der Waals surface area contributed by atoms with Gasteiger partial charge in [-0.15, -0.1) is 0 Å². The van der Waals surface area contributed by atoms with Gasteiger partial charge in [-0.2, -0.15) is 0 Å². The van der Waals surface area contributed by atoms with Crippen LogP contribution in [0.3, 0.4) is 0 Å². The second-order valence-electron chi connectivity index (χ2n) is 6.37. The maximum atomic E-state index is 10.2. The molecule has 3 aromatic heterocycles. The Labute approximate surface area is 154 Å². The number of nitrogens with one attached hydrogen (secondary N) is 1. The van der Waals surface area contributed by atoms with Crippen LogP contribution in [-0.2, 0) is 11.3 Å². The average molecular weight is 375 g/mol. The first kappa shape index (κ1) is 17.8. The number of imidazole rings is 2. The highest BCUT2D eigenvalue weighted by molar-refractivity contribution is 5.82. The van der Waals surface area contributed by atoms with Crippen LogP contribution in [0.1, 0.15) is 12.1 Å². The highest BCUT2D eigenvalue weighted by atomic mass is 16.6. The molecule has 0 radical (unpaired) electrons. The van der Waals surface area contributed by atoms with Crippen LogP contribution in [0.25, 0.3) is 11.2 Å². The van der Waals surface area contributed by atoms with Gasteiger partial charge in [0.1, 0.15) is 30.5 Å². The summed E-state index contributed by atoms with van der Waals surface area (Å²) in [5.74, 6) is 1.49. The SMILES string of the molecule is Cc1nccn1CCNc1ncnc2c1ncn2[C@@H]1O[C@H](CO)[C@@H](O)[C@H]1O. The number of fused-ring (bicyclic) bond motifs is 1. The number of aromatic nitrogens is 6. The Kier molecular flexibility index (Phi) is 4.74. The molecular weight excluding hydrogens is 354 g/mol. The Bertz CT molecular complexity index is 927. The summed E-state index contributed by atoms with van der Waals surface area (Å²) in [5, 5.41) is 32.7. The van der Waals surface area contributed by atoms with Gasteiger partial charge in [-0.1, -0.05) is 0 Å². The van der Waals surface area contributed by atoms with Crippen molar-refractivity contribution >= 4 is 17.0 Å². The molecule has 0 bridgehead atoms. The van der Waals surface area contributed by atoms with Crippen molar-refractivity contribution in [3.05, 3.63) is 30.9 Å². The zero-order valence-electron chi connectivity index (χ0n) is 14.7. The third kappa shape index (κ3) is 3.14. The first-order valence-electron chi connectivity index (χ1n) is 8.61. The van der Waals surface area contributed by atoms with Crippen molar-refractivity contribution in [3.63, 3.8) is 0 Å². The molecule has 3 aromatic rings. The molecular formula is C16H21N7O4. The first-order chi connectivity index (χ1) is 13.1. The van der Waals surface area contributed by atoms with Crippen LogP contribution in [0.15, 0.2) is 25.0 Å². The van der Waals surface area contributed by atoms with Crippen LogP contribution in [0.4, 0.5) is 5.82 Å². The number of hydrogen-bond acceptors (Lipinski definition) is 9. The molecule has 1 saturated heterocycles. The molecule has 0 aromatic carbocycles. The predicted molar refractivity (Wildman–Crippen MR) is 93.8 cm³/mol. The number of ether oxygens (including phenoxy) is 1. The Morgan fingerprint density at radius 3 is 2.74 bits per heavy atom. The summed E-state index contributed by atoms with van der Waals surface area (Å²) in [4.78, 5) is 17.0. The van der Waals surface area contributed by atoms with E-state index in [-0.39, 0.29) is 0 Å². The lowest BCUT2D eigenvalue weighted by atomic mass is 10.1. The zero-order chi connectivity index (χ0) is 19.0. The summed E-state index contributed by atoms with van der Waals surface area (Å²) in [6.45, 7) is 2.87. The zero-order valence-corrected chi connectivity index (χ0v) is 14.7. The second-order valence-corrected chi connectivity index (χ2v) is 6.37. The van der Waals surface area contributed by atoms with E-state index in [1.807, 2.05) is 17.7 Å². The normalized spacial score (nSPS) is 25.3. The van der Waals surface area contributed by atoms with Gasteiger partial charge in [0.25, 0.3) is 0 Å². The first-order valence-corrected chi connectivity index (χ1v) is 8.61. The van der Waals surface area contributed by atoms with E-state index < -0.39 is 31.1 Å². The molecule has 0 amide bonds. The molecule has 4 atom stereocenters. The van der Waals surface area contributed by atoms with E-state index in [0.29, 0.717) is 30.1 Å². The highest BCUT2D eigenvalue weighted by Crippen LogP contribution is 2.31. The van der Waals surface area contributed by atoms with Gasteiger partial charge in [-0.05, 0) is 6.92 Å². The third-order valence-corrected chi connectivity index (χ3v) is 4.72. The number of anilines is 1. The smallest absolute Gasteiger partial charge is 0.167 e. The van der Waals surface area contributed by atoms with E-state index in [0.717, 1.165) is 5.82 Å². The highest BCUT2D eigenvalue weighted by Gasteiger charge is 2.44. The minimum atomic E-state index is -1.20. The lowest BCUT2D eigenvalue weighted by Gasteiger charge is -2.16. The average Bonchev–Trinajstić information content (AvgIpc) is 3.35. The van der Waals surface area contributed by atoms with Crippen molar-refractivity contribution in [2.24, 2.45) is 0 Å².